The molecule has 1 aromatic carbocycles. The number of nitrogens with zero attached hydrogens (tertiary/aromatic N) is 4. The lowest BCUT2D eigenvalue weighted by atomic mass is 10.0. The lowest BCUT2D eigenvalue weighted by Gasteiger charge is -2.30. The molecule has 1 aliphatic rings. The molecule has 28 heavy (non-hydrogen) atoms. The number of halogens is 2. The fourth-order valence-corrected chi connectivity index (χ4v) is 3.38. The molecule has 0 spiro atoms. The van der Waals surface area contributed by atoms with Gasteiger partial charge in [-0.2, -0.15) is 5.26 Å². The molecule has 0 radical (unpaired) electrons. The molecule has 0 amide bonds. The second-order valence-electron chi connectivity index (χ2n) is 6.73. The summed E-state index contributed by atoms with van der Waals surface area (Å²) in [5, 5.41) is 11.9. The minimum absolute atomic E-state index is 0.0685. The van der Waals surface area contributed by atoms with Gasteiger partial charge in [0.1, 0.15) is 23.5 Å². The van der Waals surface area contributed by atoms with Gasteiger partial charge in [0.2, 0.25) is 0 Å². The van der Waals surface area contributed by atoms with Crippen molar-refractivity contribution in [3.05, 3.63) is 76.7 Å². The van der Waals surface area contributed by atoms with E-state index in [9.17, 15) is 8.78 Å². The summed E-state index contributed by atoms with van der Waals surface area (Å²) in [4.78, 5) is 11.0. The molecule has 0 atom stereocenters. The first-order valence-corrected chi connectivity index (χ1v) is 8.85. The van der Waals surface area contributed by atoms with Crippen LogP contribution in [0.1, 0.15) is 22.4 Å². The van der Waals surface area contributed by atoms with Crippen LogP contribution in [0.25, 0.3) is 0 Å². The van der Waals surface area contributed by atoms with Crippen LogP contribution in [0.2, 0.25) is 0 Å². The van der Waals surface area contributed by atoms with Crippen molar-refractivity contribution in [3.8, 4) is 6.07 Å². The normalized spacial score (nSPS) is 13.0. The summed E-state index contributed by atoms with van der Waals surface area (Å²) in [5.74, 6) is -0.208. The predicted octanol–water partition coefficient (Wildman–Crippen LogP) is 4.24. The van der Waals surface area contributed by atoms with Gasteiger partial charge in [0.05, 0.1) is 23.1 Å². The molecule has 4 rings (SSSR count). The van der Waals surface area contributed by atoms with E-state index in [0.717, 1.165) is 53.8 Å². The molecule has 0 fully saturated rings. The molecule has 140 valence electrons. The standard InChI is InChI=1S/C21H17F2N5/c1-13-6-14(9-24)10-26-21(13)28-5-4-19-15(12-28)7-17(11-25-19)27-20-8-16(22)2-3-18(20)23/h2-3,6-8,10-11,27H,4-5,12H2,1H3. The lowest BCUT2D eigenvalue weighted by molar-refractivity contribution is 0.603. The molecule has 2 aromatic heterocycles. The number of fused-ring (bicyclic) bond motifs is 1. The van der Waals surface area contributed by atoms with E-state index >= 15 is 0 Å². The number of nitriles is 1. The highest BCUT2D eigenvalue weighted by molar-refractivity contribution is 5.61. The second kappa shape index (κ2) is 7.24. The first-order valence-electron chi connectivity index (χ1n) is 8.85. The number of aromatic nitrogens is 2. The Hall–Kier alpha value is -3.53. The maximum atomic E-state index is 13.9. The topological polar surface area (TPSA) is 64.8 Å². The minimum Gasteiger partial charge on any atom is -0.352 e. The number of aryl methyl sites for hydroxylation is 1. The maximum Gasteiger partial charge on any atom is 0.146 e. The summed E-state index contributed by atoms with van der Waals surface area (Å²) in [6.07, 6.45) is 3.95. The van der Waals surface area contributed by atoms with Crippen LogP contribution in [0.3, 0.4) is 0 Å². The van der Waals surface area contributed by atoms with E-state index in [2.05, 4.69) is 26.3 Å². The van der Waals surface area contributed by atoms with Crippen LogP contribution in [-0.4, -0.2) is 16.5 Å². The maximum absolute atomic E-state index is 13.9. The highest BCUT2D eigenvalue weighted by atomic mass is 19.1. The van der Waals surface area contributed by atoms with Crippen molar-refractivity contribution in [1.29, 1.82) is 5.26 Å². The van der Waals surface area contributed by atoms with Crippen LogP contribution >= 0.6 is 0 Å². The zero-order valence-corrected chi connectivity index (χ0v) is 15.2. The Morgan fingerprint density at radius 1 is 1.14 bits per heavy atom. The van der Waals surface area contributed by atoms with Crippen LogP contribution in [0.15, 0.2) is 42.7 Å². The second-order valence-corrected chi connectivity index (χ2v) is 6.73. The molecule has 0 saturated carbocycles. The molecule has 1 N–H and O–H groups in total. The van der Waals surface area contributed by atoms with Crippen molar-refractivity contribution in [2.24, 2.45) is 0 Å². The van der Waals surface area contributed by atoms with Gasteiger partial charge in [0, 0.05) is 37.5 Å². The van der Waals surface area contributed by atoms with E-state index in [0.29, 0.717) is 17.8 Å². The Morgan fingerprint density at radius 3 is 2.79 bits per heavy atom. The number of hydrogen-bond donors (Lipinski definition) is 1. The summed E-state index contributed by atoms with van der Waals surface area (Å²) in [7, 11) is 0. The summed E-state index contributed by atoms with van der Waals surface area (Å²) >= 11 is 0. The van der Waals surface area contributed by atoms with E-state index in [4.69, 9.17) is 5.26 Å². The SMILES string of the molecule is Cc1cc(C#N)cnc1N1CCc2ncc(Nc3cc(F)ccc3F)cc2C1. The largest absolute Gasteiger partial charge is 0.352 e. The van der Waals surface area contributed by atoms with E-state index in [1.54, 1.807) is 12.4 Å². The van der Waals surface area contributed by atoms with Gasteiger partial charge in [-0.25, -0.2) is 13.8 Å². The lowest BCUT2D eigenvalue weighted by Crippen LogP contribution is -2.32. The molecule has 7 heteroatoms. The van der Waals surface area contributed by atoms with Crippen LogP contribution < -0.4 is 10.2 Å². The van der Waals surface area contributed by atoms with Gasteiger partial charge in [-0.3, -0.25) is 4.98 Å². The van der Waals surface area contributed by atoms with Crippen molar-refractivity contribution >= 4 is 17.2 Å². The van der Waals surface area contributed by atoms with Gasteiger partial charge in [0.25, 0.3) is 0 Å². The fraction of sp³-hybridized carbons (Fsp3) is 0.190. The zero-order chi connectivity index (χ0) is 19.7. The van der Waals surface area contributed by atoms with E-state index in [1.807, 2.05) is 19.1 Å². The molecule has 1 aliphatic heterocycles. The summed E-state index contributed by atoms with van der Waals surface area (Å²) in [5.41, 5.74) is 4.11. The van der Waals surface area contributed by atoms with Crippen LogP contribution in [0, 0.1) is 29.9 Å². The number of benzene rings is 1. The van der Waals surface area contributed by atoms with Crippen molar-refractivity contribution < 1.29 is 8.78 Å². The highest BCUT2D eigenvalue weighted by Crippen LogP contribution is 2.28. The number of nitrogens with one attached hydrogen (secondary N) is 1. The van der Waals surface area contributed by atoms with Gasteiger partial charge >= 0.3 is 0 Å². The monoisotopic (exact) mass is 377 g/mol. The molecule has 3 heterocycles. The third-order valence-electron chi connectivity index (χ3n) is 4.73. The highest BCUT2D eigenvalue weighted by Gasteiger charge is 2.20. The fourth-order valence-electron chi connectivity index (χ4n) is 3.38. The van der Waals surface area contributed by atoms with Gasteiger partial charge in [-0.05, 0) is 42.3 Å². The molecule has 5 nitrogen and oxygen atoms in total. The summed E-state index contributed by atoms with van der Waals surface area (Å²) in [6, 6.07) is 9.10. The van der Waals surface area contributed by atoms with Crippen molar-refractivity contribution in [1.82, 2.24) is 9.97 Å². The summed E-state index contributed by atoms with van der Waals surface area (Å²) in [6.45, 7) is 3.30. The molecule has 0 saturated heterocycles. The van der Waals surface area contributed by atoms with E-state index in [1.165, 1.54) is 0 Å². The molecule has 3 aromatic rings. The molecule has 0 aliphatic carbocycles. The number of rotatable bonds is 3. The third kappa shape index (κ3) is 3.49. The zero-order valence-electron chi connectivity index (χ0n) is 15.2. The average Bonchev–Trinajstić information content (AvgIpc) is 2.70. The Balaban J connectivity index is 1.59. The van der Waals surface area contributed by atoms with Crippen LogP contribution in [0.4, 0.5) is 26.0 Å². The molecular weight excluding hydrogens is 360 g/mol. The number of anilines is 3. The Morgan fingerprint density at radius 2 is 2.00 bits per heavy atom. The van der Waals surface area contributed by atoms with Crippen LogP contribution in [-0.2, 0) is 13.0 Å². The first kappa shape index (κ1) is 17.9. The van der Waals surface area contributed by atoms with E-state index < -0.39 is 11.6 Å². The van der Waals surface area contributed by atoms with Crippen LogP contribution in [0.5, 0.6) is 0 Å². The quantitative estimate of drug-likeness (QED) is 0.740. The smallest absolute Gasteiger partial charge is 0.146 e. The van der Waals surface area contributed by atoms with Crippen molar-refractivity contribution in [2.45, 2.75) is 19.9 Å². The van der Waals surface area contributed by atoms with Crippen molar-refractivity contribution in [3.63, 3.8) is 0 Å². The van der Waals surface area contributed by atoms with Gasteiger partial charge < -0.3 is 10.2 Å². The van der Waals surface area contributed by atoms with E-state index in [-0.39, 0.29) is 5.69 Å². The number of pyridine rings is 2. The van der Waals surface area contributed by atoms with Crippen molar-refractivity contribution in [2.75, 3.05) is 16.8 Å². The molecular formula is C21H17F2N5. The van der Waals surface area contributed by atoms with Gasteiger partial charge in [-0.15, -0.1) is 0 Å². The minimum atomic E-state index is -0.529. The first-order chi connectivity index (χ1) is 13.5. The average molecular weight is 377 g/mol. The Kier molecular flexibility index (Phi) is 4.62. The third-order valence-corrected chi connectivity index (χ3v) is 4.73. The Bertz CT molecular complexity index is 1090. The number of hydrogen-bond acceptors (Lipinski definition) is 5. The Labute approximate surface area is 161 Å². The van der Waals surface area contributed by atoms with Gasteiger partial charge in [-0.1, -0.05) is 0 Å². The summed E-state index contributed by atoms with van der Waals surface area (Å²) < 4.78 is 27.3. The molecule has 0 bridgehead atoms. The van der Waals surface area contributed by atoms with Gasteiger partial charge in [0.15, 0.2) is 0 Å². The molecule has 0 unspecified atom stereocenters. The predicted molar refractivity (Wildman–Crippen MR) is 102 cm³/mol.